The number of rotatable bonds is 37. The molecule has 1 aromatic rings. The molecule has 0 aromatic heterocycles. The quantitative estimate of drug-likeness (QED) is 0.0281. The summed E-state index contributed by atoms with van der Waals surface area (Å²) in [5, 5.41) is 0. The van der Waals surface area contributed by atoms with Gasteiger partial charge in [0.2, 0.25) is 0 Å². The van der Waals surface area contributed by atoms with E-state index in [2.05, 4.69) is 20.8 Å². The van der Waals surface area contributed by atoms with Gasteiger partial charge in [-0.05, 0) is 57.6 Å². The van der Waals surface area contributed by atoms with E-state index in [4.69, 9.17) is 23.7 Å². The standard InChI is InChI=1S/C47H80O9/c1-5-8-11-14-15-16-17-18-21-22-28-42(36-37-52-47(51)56-43-34-32-40(4)33-35-43)55-46(50)31-26-25-27-41(38-53-44(48)29-23-19-12-9-6-2)39-54-45(49)30-24-20-13-10-7-3/h32-35,41-42H,5-31,36-39H2,1-4H3. The summed E-state index contributed by atoms with van der Waals surface area (Å²) in [6, 6.07) is 7.17. The van der Waals surface area contributed by atoms with Crippen LogP contribution in [0.4, 0.5) is 4.79 Å². The molecule has 1 aromatic carbocycles. The van der Waals surface area contributed by atoms with Gasteiger partial charge in [0.1, 0.15) is 11.9 Å². The number of esters is 3. The molecule has 0 N–H and O–H groups in total. The molecule has 0 spiro atoms. The Labute approximate surface area is 341 Å². The lowest BCUT2D eigenvalue weighted by atomic mass is 10.0. The predicted octanol–water partition coefficient (Wildman–Crippen LogP) is 13.1. The highest BCUT2D eigenvalue weighted by molar-refractivity contribution is 5.70. The first-order chi connectivity index (χ1) is 27.3. The summed E-state index contributed by atoms with van der Waals surface area (Å²) < 4.78 is 27.8. The monoisotopic (exact) mass is 789 g/mol. The normalized spacial score (nSPS) is 11.7. The number of unbranched alkanes of at least 4 members (excludes halogenated alkanes) is 18. The molecule has 0 aliphatic rings. The van der Waals surface area contributed by atoms with E-state index in [0.29, 0.717) is 50.7 Å². The number of carbonyl (C=O) groups excluding carboxylic acids is 4. The molecule has 0 heterocycles. The zero-order valence-electron chi connectivity index (χ0n) is 36.1. The number of benzene rings is 1. The summed E-state index contributed by atoms with van der Waals surface area (Å²) in [5.74, 6) is -0.399. The zero-order valence-corrected chi connectivity index (χ0v) is 36.1. The van der Waals surface area contributed by atoms with Crippen molar-refractivity contribution >= 4 is 24.1 Å². The number of carbonyl (C=O) groups is 4. The third-order valence-corrected chi connectivity index (χ3v) is 10.2. The van der Waals surface area contributed by atoms with Crippen molar-refractivity contribution in [1.82, 2.24) is 0 Å². The van der Waals surface area contributed by atoms with Crippen LogP contribution >= 0.6 is 0 Å². The fraction of sp³-hybridized carbons (Fsp3) is 0.787. The molecule has 0 fully saturated rings. The van der Waals surface area contributed by atoms with Gasteiger partial charge in [-0.15, -0.1) is 0 Å². The summed E-state index contributed by atoms with van der Waals surface area (Å²) in [6.07, 6.45) is 25.8. The molecule has 1 atom stereocenters. The molecule has 0 saturated carbocycles. The van der Waals surface area contributed by atoms with Crippen molar-refractivity contribution in [2.45, 2.75) is 214 Å². The Balaban J connectivity index is 2.59. The largest absolute Gasteiger partial charge is 0.513 e. The van der Waals surface area contributed by atoms with Crippen LogP contribution in [0.2, 0.25) is 0 Å². The molecule has 1 rings (SSSR count). The van der Waals surface area contributed by atoms with Crippen LogP contribution in [-0.4, -0.2) is 50.0 Å². The Bertz CT molecular complexity index is 1090. The van der Waals surface area contributed by atoms with Crippen molar-refractivity contribution < 1.29 is 42.9 Å². The van der Waals surface area contributed by atoms with Crippen LogP contribution in [0.15, 0.2) is 24.3 Å². The lowest BCUT2D eigenvalue weighted by molar-refractivity contribution is -0.150. The Morgan fingerprint density at radius 1 is 0.482 bits per heavy atom. The first-order valence-electron chi connectivity index (χ1n) is 22.7. The zero-order chi connectivity index (χ0) is 40.9. The van der Waals surface area contributed by atoms with Crippen molar-refractivity contribution in [3.8, 4) is 5.75 Å². The topological polar surface area (TPSA) is 114 Å². The van der Waals surface area contributed by atoms with Gasteiger partial charge >= 0.3 is 24.1 Å². The highest BCUT2D eigenvalue weighted by atomic mass is 16.7. The molecular weight excluding hydrogens is 709 g/mol. The van der Waals surface area contributed by atoms with Crippen LogP contribution in [0, 0.1) is 12.8 Å². The molecule has 1 unspecified atom stereocenters. The number of ether oxygens (including phenoxy) is 5. The number of hydrogen-bond acceptors (Lipinski definition) is 9. The molecule has 0 bridgehead atoms. The van der Waals surface area contributed by atoms with E-state index < -0.39 is 6.16 Å². The lowest BCUT2D eigenvalue weighted by Gasteiger charge is -2.19. The molecule has 0 aliphatic heterocycles. The third-order valence-electron chi connectivity index (χ3n) is 10.2. The van der Waals surface area contributed by atoms with E-state index in [0.717, 1.165) is 76.2 Å². The molecular formula is C47H80O9. The van der Waals surface area contributed by atoms with E-state index >= 15 is 0 Å². The van der Waals surface area contributed by atoms with E-state index in [1.165, 1.54) is 57.8 Å². The van der Waals surface area contributed by atoms with E-state index in [1.54, 1.807) is 12.1 Å². The predicted molar refractivity (Wildman–Crippen MR) is 225 cm³/mol. The van der Waals surface area contributed by atoms with E-state index in [-0.39, 0.29) is 56.2 Å². The third kappa shape index (κ3) is 31.0. The van der Waals surface area contributed by atoms with Gasteiger partial charge in [-0.25, -0.2) is 4.79 Å². The average molecular weight is 789 g/mol. The van der Waals surface area contributed by atoms with Crippen molar-refractivity contribution in [2.75, 3.05) is 19.8 Å². The van der Waals surface area contributed by atoms with Crippen LogP contribution in [0.1, 0.15) is 206 Å². The summed E-state index contributed by atoms with van der Waals surface area (Å²) in [7, 11) is 0. The summed E-state index contributed by atoms with van der Waals surface area (Å²) in [5.41, 5.74) is 1.07. The van der Waals surface area contributed by atoms with Gasteiger partial charge < -0.3 is 23.7 Å². The minimum absolute atomic E-state index is 0.0942. The summed E-state index contributed by atoms with van der Waals surface area (Å²) in [6.45, 7) is 9.03. The van der Waals surface area contributed by atoms with Crippen molar-refractivity contribution in [1.29, 1.82) is 0 Å². The van der Waals surface area contributed by atoms with Crippen LogP contribution < -0.4 is 4.74 Å². The van der Waals surface area contributed by atoms with E-state index in [1.807, 2.05) is 19.1 Å². The molecule has 0 amide bonds. The molecule has 0 saturated heterocycles. The molecule has 322 valence electrons. The van der Waals surface area contributed by atoms with Crippen molar-refractivity contribution in [3.05, 3.63) is 29.8 Å². The smallest absolute Gasteiger partial charge is 0.465 e. The maximum atomic E-state index is 13.0. The second-order valence-corrected chi connectivity index (χ2v) is 15.7. The Morgan fingerprint density at radius 2 is 0.911 bits per heavy atom. The van der Waals surface area contributed by atoms with Gasteiger partial charge in [-0.2, -0.15) is 0 Å². The minimum atomic E-state index is -0.775. The Kier molecular flexibility index (Phi) is 33.0. The minimum Gasteiger partial charge on any atom is -0.465 e. The second kappa shape index (κ2) is 36.3. The SMILES string of the molecule is CCCCCCCCCCCCC(CCOC(=O)Oc1ccc(C)cc1)OC(=O)CCCCC(COC(=O)CCCCCCC)COC(=O)CCCCCCC. The number of hydrogen-bond donors (Lipinski definition) is 0. The van der Waals surface area contributed by atoms with Gasteiger partial charge in [-0.3, -0.25) is 14.4 Å². The highest BCUT2D eigenvalue weighted by Crippen LogP contribution is 2.19. The van der Waals surface area contributed by atoms with Crippen LogP contribution in [0.3, 0.4) is 0 Å². The molecule has 56 heavy (non-hydrogen) atoms. The highest BCUT2D eigenvalue weighted by Gasteiger charge is 2.18. The van der Waals surface area contributed by atoms with Crippen molar-refractivity contribution in [3.63, 3.8) is 0 Å². The fourth-order valence-corrected chi connectivity index (χ4v) is 6.60. The molecule has 0 aliphatic carbocycles. The average Bonchev–Trinajstić information content (AvgIpc) is 3.18. The first kappa shape index (κ1) is 50.9. The summed E-state index contributed by atoms with van der Waals surface area (Å²) >= 11 is 0. The lowest BCUT2D eigenvalue weighted by Crippen LogP contribution is -2.22. The van der Waals surface area contributed by atoms with Crippen LogP contribution in [0.25, 0.3) is 0 Å². The molecule has 9 nitrogen and oxygen atoms in total. The Morgan fingerprint density at radius 3 is 1.43 bits per heavy atom. The number of aryl methyl sites for hydroxylation is 1. The fourth-order valence-electron chi connectivity index (χ4n) is 6.60. The Hall–Kier alpha value is -3.10. The summed E-state index contributed by atoms with van der Waals surface area (Å²) in [4.78, 5) is 50.2. The molecule has 9 heteroatoms. The van der Waals surface area contributed by atoms with E-state index in [9.17, 15) is 19.2 Å². The molecule has 0 radical (unpaired) electrons. The van der Waals surface area contributed by atoms with Crippen molar-refractivity contribution in [2.24, 2.45) is 5.92 Å². The van der Waals surface area contributed by atoms with Crippen LogP contribution in [-0.2, 0) is 33.3 Å². The van der Waals surface area contributed by atoms with Gasteiger partial charge in [-0.1, -0.05) is 154 Å². The van der Waals surface area contributed by atoms with Gasteiger partial charge in [0.15, 0.2) is 0 Å². The first-order valence-corrected chi connectivity index (χ1v) is 22.7. The van der Waals surface area contributed by atoms with Gasteiger partial charge in [0, 0.05) is 31.6 Å². The van der Waals surface area contributed by atoms with Gasteiger partial charge in [0.25, 0.3) is 0 Å². The second-order valence-electron chi connectivity index (χ2n) is 15.7. The maximum absolute atomic E-state index is 13.0. The van der Waals surface area contributed by atoms with Gasteiger partial charge in [0.05, 0.1) is 19.8 Å². The maximum Gasteiger partial charge on any atom is 0.513 e. The van der Waals surface area contributed by atoms with Crippen LogP contribution in [0.5, 0.6) is 5.75 Å².